The minimum absolute atomic E-state index is 0.191. The van der Waals surface area contributed by atoms with Gasteiger partial charge in [0.1, 0.15) is 0 Å². The van der Waals surface area contributed by atoms with E-state index in [2.05, 4.69) is 110 Å². The van der Waals surface area contributed by atoms with E-state index in [0.29, 0.717) is 0 Å². The molecule has 0 amide bonds. The van der Waals surface area contributed by atoms with Crippen molar-refractivity contribution in [3.8, 4) is 0 Å². The van der Waals surface area contributed by atoms with Crippen LogP contribution in [0.2, 0.25) is 0 Å². The zero-order valence-electron chi connectivity index (χ0n) is 20.6. The van der Waals surface area contributed by atoms with Gasteiger partial charge in [0.15, 0.2) is 5.78 Å². The van der Waals surface area contributed by atoms with E-state index in [4.69, 9.17) is 0 Å². The first kappa shape index (κ1) is 25.3. The maximum absolute atomic E-state index is 14.7. The van der Waals surface area contributed by atoms with Crippen LogP contribution in [0.4, 0.5) is 0 Å². The summed E-state index contributed by atoms with van der Waals surface area (Å²) in [5.41, 5.74) is 0.818. The number of unbranched alkanes of at least 4 members (excludes halogenated alkanes) is 2. The maximum Gasteiger partial charge on any atom is 0.191 e. The molecule has 0 radical (unpaired) electrons. The van der Waals surface area contributed by atoms with Crippen LogP contribution in [-0.4, -0.2) is 17.3 Å². The van der Waals surface area contributed by atoms with Gasteiger partial charge >= 0.3 is 0 Å². The van der Waals surface area contributed by atoms with Gasteiger partial charge in [0, 0.05) is 15.8 Å². The summed E-state index contributed by atoms with van der Waals surface area (Å²) >= 11 is 1.65. The van der Waals surface area contributed by atoms with Crippen molar-refractivity contribution in [1.29, 1.82) is 0 Å². The van der Waals surface area contributed by atoms with Crippen molar-refractivity contribution in [1.82, 2.24) is 0 Å². The van der Waals surface area contributed by atoms with Gasteiger partial charge in [-0.25, -0.2) is 0 Å². The largest absolute Gasteiger partial charge is 0.289 e. The smallest absolute Gasteiger partial charge is 0.191 e. The minimum Gasteiger partial charge on any atom is -0.289 e. The number of benzene rings is 4. The standard InChI is InChI=1S/C32H33OPS/c1-3-4-8-24-30(32(33)29-23-15-16-25-31(29)35-2)34(26-17-9-5-10-18-26,27-19-11-6-12-20-27)28-21-13-7-14-22-28/h5-7,9-23,25H,3-4,8,24H2,1-2H3. The third-order valence-corrected chi connectivity index (χ3v) is 11.7. The summed E-state index contributed by atoms with van der Waals surface area (Å²) in [5, 5.41) is 4.76. The van der Waals surface area contributed by atoms with Crippen LogP contribution in [0.1, 0.15) is 43.0 Å². The number of rotatable bonds is 10. The van der Waals surface area contributed by atoms with Gasteiger partial charge in [-0.15, -0.1) is 11.8 Å². The van der Waals surface area contributed by atoms with Crippen LogP contribution < -0.4 is 15.9 Å². The van der Waals surface area contributed by atoms with Crippen LogP contribution in [-0.2, 0) is 0 Å². The molecular formula is C32H33OPS. The average Bonchev–Trinajstić information content (AvgIpc) is 2.94. The Morgan fingerprint density at radius 1 is 0.657 bits per heavy atom. The zero-order valence-corrected chi connectivity index (χ0v) is 22.3. The van der Waals surface area contributed by atoms with E-state index in [1.165, 1.54) is 15.9 Å². The summed E-state index contributed by atoms with van der Waals surface area (Å²) in [5.74, 6) is 0.191. The molecule has 4 rings (SSSR count). The van der Waals surface area contributed by atoms with Crippen molar-refractivity contribution >= 4 is 45.6 Å². The average molecular weight is 497 g/mol. The SMILES string of the molecule is CCCCCC(C(=O)c1ccccc1SC)=P(c1ccccc1)(c1ccccc1)c1ccccc1. The molecule has 1 nitrogen and oxygen atoms in total. The molecule has 0 saturated heterocycles. The summed E-state index contributed by atoms with van der Waals surface area (Å²) in [7, 11) is 0. The summed E-state index contributed by atoms with van der Waals surface area (Å²) in [6.45, 7) is -0.177. The Bertz CT molecular complexity index is 1190. The van der Waals surface area contributed by atoms with Crippen molar-refractivity contribution in [3.63, 3.8) is 0 Å². The molecule has 0 bridgehead atoms. The molecule has 0 fully saturated rings. The van der Waals surface area contributed by atoms with E-state index in [0.717, 1.165) is 41.4 Å². The van der Waals surface area contributed by atoms with E-state index in [1.54, 1.807) is 11.8 Å². The van der Waals surface area contributed by atoms with E-state index in [9.17, 15) is 4.79 Å². The maximum atomic E-state index is 14.7. The molecule has 0 aliphatic rings. The molecule has 35 heavy (non-hydrogen) atoms. The Morgan fingerprint density at radius 3 is 1.57 bits per heavy atom. The fraction of sp³-hybridized carbons (Fsp3) is 0.188. The lowest BCUT2D eigenvalue weighted by Gasteiger charge is -2.33. The molecule has 178 valence electrons. The van der Waals surface area contributed by atoms with Crippen molar-refractivity contribution in [2.45, 2.75) is 37.5 Å². The van der Waals surface area contributed by atoms with E-state index >= 15 is 0 Å². The van der Waals surface area contributed by atoms with Gasteiger partial charge in [-0.2, -0.15) is 0 Å². The van der Waals surface area contributed by atoms with Crippen molar-refractivity contribution in [2.75, 3.05) is 6.26 Å². The highest BCUT2D eigenvalue weighted by molar-refractivity contribution is 7.98. The minimum atomic E-state index is -2.40. The van der Waals surface area contributed by atoms with E-state index in [-0.39, 0.29) is 5.78 Å². The van der Waals surface area contributed by atoms with Gasteiger partial charge in [0.05, 0.1) is 0 Å². The molecule has 3 heteroatoms. The van der Waals surface area contributed by atoms with Crippen LogP contribution in [0.25, 0.3) is 0 Å². The lowest BCUT2D eigenvalue weighted by atomic mass is 10.0. The quantitative estimate of drug-likeness (QED) is 0.0989. The van der Waals surface area contributed by atoms with E-state index in [1.807, 2.05) is 18.2 Å². The molecule has 0 N–H and O–H groups in total. The monoisotopic (exact) mass is 496 g/mol. The van der Waals surface area contributed by atoms with Gasteiger partial charge in [0.25, 0.3) is 0 Å². The molecule has 0 aromatic heterocycles. The van der Waals surface area contributed by atoms with Gasteiger partial charge < -0.3 is 0 Å². The van der Waals surface area contributed by atoms with Crippen LogP contribution in [0.3, 0.4) is 0 Å². The van der Waals surface area contributed by atoms with Gasteiger partial charge in [0.2, 0.25) is 0 Å². The second-order valence-electron chi connectivity index (χ2n) is 8.61. The second kappa shape index (κ2) is 12.2. The number of hydrogen-bond acceptors (Lipinski definition) is 2. The first-order chi connectivity index (χ1) is 17.2. The molecule has 0 heterocycles. The van der Waals surface area contributed by atoms with Crippen LogP contribution in [0, 0.1) is 0 Å². The molecule has 0 unspecified atom stereocenters. The zero-order chi connectivity index (χ0) is 24.5. The van der Waals surface area contributed by atoms with Gasteiger partial charge in [-0.1, -0.05) is 123 Å². The molecule has 0 aliphatic carbocycles. The molecule has 4 aromatic rings. The normalized spacial score (nSPS) is 11.3. The number of ketones is 1. The molecule has 0 atom stereocenters. The van der Waals surface area contributed by atoms with E-state index < -0.39 is 6.89 Å². The molecule has 0 saturated carbocycles. The molecule has 4 aromatic carbocycles. The summed E-state index contributed by atoms with van der Waals surface area (Å²) in [6.07, 6.45) is 6.08. The predicted molar refractivity (Wildman–Crippen MR) is 157 cm³/mol. The number of thioether (sulfide) groups is 1. The summed E-state index contributed by atoms with van der Waals surface area (Å²) in [4.78, 5) is 15.7. The summed E-state index contributed by atoms with van der Waals surface area (Å²) in [6, 6.07) is 40.3. The predicted octanol–water partition coefficient (Wildman–Crippen LogP) is 7.34. The third kappa shape index (κ3) is 5.25. The van der Waals surface area contributed by atoms with Gasteiger partial charge in [-0.3, -0.25) is 4.79 Å². The second-order valence-corrected chi connectivity index (χ2v) is 12.9. The highest BCUT2D eigenvalue weighted by Crippen LogP contribution is 2.48. The number of carbonyl (C=O) groups is 1. The van der Waals surface area contributed by atoms with Crippen molar-refractivity contribution in [2.24, 2.45) is 0 Å². The molecule has 0 spiro atoms. The van der Waals surface area contributed by atoms with Crippen LogP contribution in [0.5, 0.6) is 0 Å². The lowest BCUT2D eigenvalue weighted by Crippen LogP contribution is -2.33. The Balaban J connectivity index is 2.18. The number of carbonyl (C=O) groups excluding carboxylic acids is 1. The number of hydrogen-bond donors (Lipinski definition) is 0. The molecule has 0 aliphatic heterocycles. The van der Waals surface area contributed by atoms with Gasteiger partial charge in [-0.05, 0) is 54.0 Å². The van der Waals surface area contributed by atoms with Crippen molar-refractivity contribution < 1.29 is 4.79 Å². The fourth-order valence-electron chi connectivity index (χ4n) is 4.83. The summed E-state index contributed by atoms with van der Waals surface area (Å²) < 4.78 is 0. The third-order valence-electron chi connectivity index (χ3n) is 6.47. The highest BCUT2D eigenvalue weighted by atomic mass is 32.2. The number of Topliss-reactive ketones (excluding diaryl/α,β-unsaturated/α-hetero) is 1. The Kier molecular flexibility index (Phi) is 8.85. The first-order valence-electron chi connectivity index (χ1n) is 12.3. The lowest BCUT2D eigenvalue weighted by molar-refractivity contribution is 0.106. The topological polar surface area (TPSA) is 17.1 Å². The molecular weight excluding hydrogens is 463 g/mol. The fourth-order valence-corrected chi connectivity index (χ4v) is 10.0. The first-order valence-corrected chi connectivity index (χ1v) is 15.3. The van der Waals surface area contributed by atoms with Crippen molar-refractivity contribution in [3.05, 3.63) is 121 Å². The van der Waals surface area contributed by atoms with Crippen LogP contribution in [0.15, 0.2) is 120 Å². The van der Waals surface area contributed by atoms with Crippen LogP contribution >= 0.6 is 18.6 Å². The highest BCUT2D eigenvalue weighted by Gasteiger charge is 2.33. The Hall–Kier alpha value is -2.80. The Morgan fingerprint density at radius 2 is 1.11 bits per heavy atom. The Labute approximate surface area is 214 Å².